The summed E-state index contributed by atoms with van der Waals surface area (Å²) in [5.41, 5.74) is 5.27. The van der Waals surface area contributed by atoms with Gasteiger partial charge in [0.1, 0.15) is 0 Å². The highest BCUT2D eigenvalue weighted by Gasteiger charge is 2.41. The molecule has 5 heteroatoms. The maximum atomic E-state index is 12.4. The van der Waals surface area contributed by atoms with Gasteiger partial charge in [-0.1, -0.05) is 37.9 Å². The van der Waals surface area contributed by atoms with E-state index in [0.717, 1.165) is 45.1 Å². The maximum absolute atomic E-state index is 12.4. The summed E-state index contributed by atoms with van der Waals surface area (Å²) in [6, 6.07) is 0. The summed E-state index contributed by atoms with van der Waals surface area (Å²) in [5.74, 6) is 0.0271. The Balaban J connectivity index is 2.50. The van der Waals surface area contributed by atoms with Gasteiger partial charge in [0.05, 0.1) is 10.4 Å². The Bertz CT molecular complexity index is 300. The average Bonchev–Trinajstić information content (AvgIpc) is 2.64. The van der Waals surface area contributed by atoms with Crippen LogP contribution in [0.3, 0.4) is 0 Å². The van der Waals surface area contributed by atoms with E-state index in [-0.39, 0.29) is 5.91 Å². The van der Waals surface area contributed by atoms with Crippen molar-refractivity contribution in [1.29, 1.82) is 0 Å². The van der Waals surface area contributed by atoms with Crippen LogP contribution in [0, 0.1) is 5.41 Å². The third-order valence-corrected chi connectivity index (χ3v) is 4.31. The lowest BCUT2D eigenvalue weighted by molar-refractivity contribution is -0.128. The van der Waals surface area contributed by atoms with Crippen LogP contribution in [0.2, 0.25) is 0 Å². The van der Waals surface area contributed by atoms with E-state index < -0.39 is 5.41 Å². The molecule has 1 amide bonds. The fraction of sp³-hybridized carbons (Fsp3) is 0.857. The van der Waals surface area contributed by atoms with Gasteiger partial charge in [0.2, 0.25) is 5.91 Å². The Morgan fingerprint density at radius 3 is 2.42 bits per heavy atom. The molecule has 0 unspecified atom stereocenters. The summed E-state index contributed by atoms with van der Waals surface area (Å²) >= 11 is 5.18. The molecular weight excluding hydrogens is 260 g/mol. The molecule has 0 saturated heterocycles. The van der Waals surface area contributed by atoms with Gasteiger partial charge in [-0.25, -0.2) is 0 Å². The zero-order valence-corrected chi connectivity index (χ0v) is 12.7. The number of carbonyl (C=O) groups is 1. The molecule has 0 bridgehead atoms. The number of nitrogens with one attached hydrogen (secondary N) is 1. The van der Waals surface area contributed by atoms with Crippen LogP contribution in [0.5, 0.6) is 0 Å². The van der Waals surface area contributed by atoms with E-state index in [4.69, 9.17) is 22.7 Å². The maximum Gasteiger partial charge on any atom is 0.233 e. The average molecular weight is 286 g/mol. The summed E-state index contributed by atoms with van der Waals surface area (Å²) in [5, 5.41) is 3.00. The fourth-order valence-electron chi connectivity index (χ4n) is 2.66. The van der Waals surface area contributed by atoms with E-state index in [0.29, 0.717) is 11.5 Å². The van der Waals surface area contributed by atoms with Gasteiger partial charge < -0.3 is 15.8 Å². The lowest BCUT2D eigenvalue weighted by atomic mass is 9.79. The predicted molar refractivity (Wildman–Crippen MR) is 81.0 cm³/mol. The zero-order chi connectivity index (χ0) is 14.1. The monoisotopic (exact) mass is 286 g/mol. The first-order chi connectivity index (χ1) is 9.13. The van der Waals surface area contributed by atoms with Crippen molar-refractivity contribution >= 4 is 23.1 Å². The van der Waals surface area contributed by atoms with Crippen LogP contribution in [-0.2, 0) is 9.53 Å². The number of amides is 1. The van der Waals surface area contributed by atoms with Crippen LogP contribution in [-0.4, -0.2) is 31.2 Å². The molecule has 3 N–H and O–H groups in total. The molecule has 0 aromatic heterocycles. The molecule has 0 aliphatic heterocycles. The smallest absolute Gasteiger partial charge is 0.233 e. The number of nitrogens with two attached hydrogens (primary N) is 1. The number of hydrogen-bond donors (Lipinski definition) is 2. The van der Waals surface area contributed by atoms with E-state index in [1.807, 2.05) is 0 Å². The Morgan fingerprint density at radius 2 is 1.89 bits per heavy atom. The molecule has 1 fully saturated rings. The van der Waals surface area contributed by atoms with Crippen molar-refractivity contribution in [1.82, 2.24) is 5.32 Å². The molecule has 0 heterocycles. The lowest BCUT2D eigenvalue weighted by Gasteiger charge is -2.30. The van der Waals surface area contributed by atoms with Crippen molar-refractivity contribution in [2.75, 3.05) is 20.3 Å². The van der Waals surface area contributed by atoms with Crippen molar-refractivity contribution < 1.29 is 9.53 Å². The van der Waals surface area contributed by atoms with E-state index >= 15 is 0 Å². The first kappa shape index (κ1) is 16.4. The van der Waals surface area contributed by atoms with Crippen LogP contribution in [0.4, 0.5) is 0 Å². The molecule has 19 heavy (non-hydrogen) atoms. The molecule has 0 atom stereocenters. The number of unbranched alkanes of at least 4 members (excludes halogenated alkanes) is 1. The number of rotatable bonds is 7. The van der Waals surface area contributed by atoms with Crippen molar-refractivity contribution in [2.45, 2.75) is 51.4 Å². The van der Waals surface area contributed by atoms with Gasteiger partial charge in [-0.15, -0.1) is 0 Å². The highest BCUT2D eigenvalue weighted by molar-refractivity contribution is 7.80. The number of carbonyl (C=O) groups excluding carboxylic acids is 1. The third kappa shape index (κ3) is 4.73. The van der Waals surface area contributed by atoms with Crippen molar-refractivity contribution in [2.24, 2.45) is 11.1 Å². The molecule has 0 spiro atoms. The Kier molecular flexibility index (Phi) is 7.31. The van der Waals surface area contributed by atoms with Gasteiger partial charge in [0.25, 0.3) is 0 Å². The molecule has 0 aromatic carbocycles. The van der Waals surface area contributed by atoms with Gasteiger partial charge in [0.15, 0.2) is 0 Å². The SMILES string of the molecule is COCCCCNC(=O)C1(C(N)=S)CCCCCC1. The zero-order valence-electron chi connectivity index (χ0n) is 11.9. The fourth-order valence-corrected chi connectivity index (χ4v) is 2.96. The second-order valence-electron chi connectivity index (χ2n) is 5.32. The molecule has 0 radical (unpaired) electrons. The van der Waals surface area contributed by atoms with Crippen LogP contribution < -0.4 is 11.1 Å². The molecular formula is C14H26N2O2S. The van der Waals surface area contributed by atoms with Crippen LogP contribution in [0.25, 0.3) is 0 Å². The predicted octanol–water partition coefficient (Wildman–Crippen LogP) is 2.16. The molecule has 1 rings (SSSR count). The van der Waals surface area contributed by atoms with E-state index in [1.54, 1.807) is 7.11 Å². The summed E-state index contributed by atoms with van der Waals surface area (Å²) in [7, 11) is 1.69. The Hall–Kier alpha value is -0.680. The first-order valence-corrected chi connectivity index (χ1v) is 7.61. The Labute approximate surface area is 121 Å². The first-order valence-electron chi connectivity index (χ1n) is 7.20. The molecule has 1 aliphatic rings. The normalized spacial score (nSPS) is 18.6. The summed E-state index contributed by atoms with van der Waals surface area (Å²) in [6.45, 7) is 1.41. The van der Waals surface area contributed by atoms with Crippen molar-refractivity contribution in [3.05, 3.63) is 0 Å². The summed E-state index contributed by atoms with van der Waals surface area (Å²) in [4.78, 5) is 12.8. The number of ether oxygens (including phenoxy) is 1. The second kappa shape index (κ2) is 8.48. The second-order valence-corrected chi connectivity index (χ2v) is 5.76. The third-order valence-electron chi connectivity index (χ3n) is 3.92. The Morgan fingerprint density at radius 1 is 1.26 bits per heavy atom. The standard InChI is InChI=1S/C14H26N2O2S/c1-18-11-7-6-10-16-13(17)14(12(15)19)8-4-2-3-5-9-14/h2-11H2,1H3,(H2,15,19)(H,16,17). The summed E-state index contributed by atoms with van der Waals surface area (Å²) < 4.78 is 4.99. The minimum Gasteiger partial charge on any atom is -0.392 e. The minimum absolute atomic E-state index is 0.0271. The molecule has 1 aliphatic carbocycles. The quantitative estimate of drug-likeness (QED) is 0.428. The number of hydrogen-bond acceptors (Lipinski definition) is 3. The van der Waals surface area contributed by atoms with Gasteiger partial charge >= 0.3 is 0 Å². The van der Waals surface area contributed by atoms with Gasteiger partial charge in [-0.2, -0.15) is 0 Å². The van der Waals surface area contributed by atoms with Crippen LogP contribution >= 0.6 is 12.2 Å². The molecule has 0 aromatic rings. The van der Waals surface area contributed by atoms with E-state index in [2.05, 4.69) is 5.32 Å². The minimum atomic E-state index is -0.604. The van der Waals surface area contributed by atoms with Gasteiger partial charge in [-0.05, 0) is 25.7 Å². The van der Waals surface area contributed by atoms with Gasteiger partial charge in [-0.3, -0.25) is 4.79 Å². The van der Waals surface area contributed by atoms with Crippen LogP contribution in [0.15, 0.2) is 0 Å². The highest BCUT2D eigenvalue weighted by Crippen LogP contribution is 2.35. The van der Waals surface area contributed by atoms with E-state index in [9.17, 15) is 4.79 Å². The summed E-state index contributed by atoms with van der Waals surface area (Å²) in [6.07, 6.45) is 7.89. The van der Waals surface area contributed by atoms with Crippen LogP contribution in [0.1, 0.15) is 51.4 Å². The van der Waals surface area contributed by atoms with Crippen molar-refractivity contribution in [3.63, 3.8) is 0 Å². The molecule has 1 saturated carbocycles. The largest absolute Gasteiger partial charge is 0.392 e. The van der Waals surface area contributed by atoms with E-state index in [1.165, 1.54) is 12.8 Å². The number of thiocarbonyl (C=S) groups is 1. The number of methoxy groups -OCH3 is 1. The van der Waals surface area contributed by atoms with Gasteiger partial charge in [0, 0.05) is 20.3 Å². The topological polar surface area (TPSA) is 64.3 Å². The lowest BCUT2D eigenvalue weighted by Crippen LogP contribution is -2.49. The highest BCUT2D eigenvalue weighted by atomic mass is 32.1. The molecule has 110 valence electrons. The van der Waals surface area contributed by atoms with Crippen molar-refractivity contribution in [3.8, 4) is 0 Å². The molecule has 4 nitrogen and oxygen atoms in total.